The lowest BCUT2D eigenvalue weighted by atomic mass is 10.0. The molecule has 6 atom stereocenters. The van der Waals surface area contributed by atoms with Crippen molar-refractivity contribution >= 4 is 44.7 Å². The molecule has 6 unspecified atom stereocenters. The summed E-state index contributed by atoms with van der Waals surface area (Å²) in [5, 5.41) is 36.8. The Morgan fingerprint density at radius 2 is 1.88 bits per heavy atom. The Kier molecular flexibility index (Phi) is 8.29. The van der Waals surface area contributed by atoms with Gasteiger partial charge in [-0.3, -0.25) is 4.79 Å². The predicted molar refractivity (Wildman–Crippen MR) is 149 cm³/mol. The molecule has 5 rings (SSSR count). The van der Waals surface area contributed by atoms with Gasteiger partial charge in [0.1, 0.15) is 6.10 Å². The van der Waals surface area contributed by atoms with Crippen molar-refractivity contribution in [2.45, 2.75) is 73.4 Å². The van der Waals surface area contributed by atoms with Crippen LogP contribution in [0.15, 0.2) is 34.3 Å². The number of amides is 1. The normalized spacial score (nSPS) is 26.2. The Hall–Kier alpha value is -2.85. The summed E-state index contributed by atoms with van der Waals surface area (Å²) in [4.78, 5) is 22.1. The first-order valence-electron chi connectivity index (χ1n) is 13.4. The highest BCUT2D eigenvalue weighted by Gasteiger charge is 2.47. The largest absolute Gasteiger partial charge is 0.390 e. The number of aliphatic hydroxyl groups is 2. The number of aromatic nitrogens is 5. The molecule has 15 heteroatoms. The molecule has 2 aromatic heterocycles. The fourth-order valence-corrected chi connectivity index (χ4v) is 6.54. The Morgan fingerprint density at radius 3 is 2.55 bits per heavy atom. The third-order valence-corrected chi connectivity index (χ3v) is 9.88. The molecule has 2 fully saturated rings. The molecule has 0 spiro atoms. The van der Waals surface area contributed by atoms with Crippen molar-refractivity contribution in [2.75, 3.05) is 24.7 Å². The van der Waals surface area contributed by atoms with E-state index in [-0.39, 0.29) is 29.2 Å². The summed E-state index contributed by atoms with van der Waals surface area (Å²) in [6.45, 7) is 4.29. The maximum atomic E-state index is 12.5. The molecule has 40 heavy (non-hydrogen) atoms. The maximum absolute atomic E-state index is 12.5. The van der Waals surface area contributed by atoms with Gasteiger partial charge in [-0.05, 0) is 50.9 Å². The lowest BCUT2D eigenvalue weighted by Gasteiger charge is -2.17. The minimum Gasteiger partial charge on any atom is -0.390 e. The molecule has 0 saturated heterocycles. The Balaban J connectivity index is 1.41. The van der Waals surface area contributed by atoms with Crippen LogP contribution in [0.4, 0.5) is 5.82 Å². The van der Waals surface area contributed by atoms with Gasteiger partial charge in [0.15, 0.2) is 22.1 Å². The number of thioether (sulfide) groups is 1. The second-order valence-electron chi connectivity index (χ2n) is 10.1. The van der Waals surface area contributed by atoms with Gasteiger partial charge in [0, 0.05) is 24.3 Å². The minimum atomic E-state index is -3.50. The Bertz CT molecular complexity index is 1480. The van der Waals surface area contributed by atoms with E-state index in [1.54, 1.807) is 19.1 Å². The molecule has 216 valence electrons. The fourth-order valence-electron chi connectivity index (χ4n) is 5.12. The first kappa shape index (κ1) is 28.7. The summed E-state index contributed by atoms with van der Waals surface area (Å²) in [5.74, 6) is 0.417. The van der Waals surface area contributed by atoms with Gasteiger partial charge in [0.05, 0.1) is 23.0 Å². The molecule has 0 bridgehead atoms. The highest BCUT2D eigenvalue weighted by molar-refractivity contribution is 7.99. The average Bonchev–Trinajstić information content (AvgIpc) is 3.49. The third kappa shape index (κ3) is 5.52. The average molecular weight is 591 g/mol. The first-order chi connectivity index (χ1) is 19.2. The second-order valence-corrected chi connectivity index (χ2v) is 13.0. The maximum Gasteiger partial charge on any atom is 0.240 e. The summed E-state index contributed by atoms with van der Waals surface area (Å²) in [7, 11) is -2.12. The van der Waals surface area contributed by atoms with E-state index in [1.165, 1.54) is 23.5 Å². The van der Waals surface area contributed by atoms with Gasteiger partial charge in [-0.25, -0.2) is 27.8 Å². The molecule has 0 radical (unpaired) electrons. The van der Waals surface area contributed by atoms with Crippen molar-refractivity contribution in [1.29, 1.82) is 0 Å². The molecule has 1 amide bonds. The summed E-state index contributed by atoms with van der Waals surface area (Å²) in [6.07, 6.45) is -0.487. The van der Waals surface area contributed by atoms with Crippen molar-refractivity contribution < 1.29 is 23.4 Å². The zero-order valence-corrected chi connectivity index (χ0v) is 24.1. The molecule has 2 aliphatic carbocycles. The summed E-state index contributed by atoms with van der Waals surface area (Å²) < 4.78 is 27.9. The van der Waals surface area contributed by atoms with Crippen LogP contribution in [0.3, 0.4) is 0 Å². The van der Waals surface area contributed by atoms with Gasteiger partial charge >= 0.3 is 0 Å². The lowest BCUT2D eigenvalue weighted by molar-refractivity contribution is -0.128. The van der Waals surface area contributed by atoms with Crippen LogP contribution < -0.4 is 15.4 Å². The minimum absolute atomic E-state index is 0.0556. The predicted octanol–water partition coefficient (Wildman–Crippen LogP) is 1.02. The van der Waals surface area contributed by atoms with Gasteiger partial charge in [0.2, 0.25) is 15.9 Å². The van der Waals surface area contributed by atoms with E-state index >= 15 is 0 Å². The molecule has 0 aliphatic heterocycles. The SMILES string of the molecule is CCCSc1nc(NC2CC2c2ccc(S(=O)(=O)NC)cc2)c2nnn(C3CC(C(=O)NCC)C(O)C3O)c2n1. The molecule has 1 aromatic carbocycles. The number of nitrogens with zero attached hydrogens (tertiary/aromatic N) is 5. The van der Waals surface area contributed by atoms with Crippen LogP contribution in [0.2, 0.25) is 0 Å². The zero-order chi connectivity index (χ0) is 28.6. The molecular weight excluding hydrogens is 556 g/mol. The lowest BCUT2D eigenvalue weighted by Crippen LogP contribution is -2.38. The number of carbonyl (C=O) groups is 1. The number of carbonyl (C=O) groups excluding carboxylic acids is 1. The molecule has 2 aliphatic rings. The number of anilines is 1. The van der Waals surface area contributed by atoms with Crippen LogP contribution in [-0.2, 0) is 14.8 Å². The van der Waals surface area contributed by atoms with E-state index < -0.39 is 34.2 Å². The Labute approximate surface area is 236 Å². The van der Waals surface area contributed by atoms with E-state index in [9.17, 15) is 23.4 Å². The molecule has 13 nitrogen and oxygen atoms in total. The zero-order valence-electron chi connectivity index (χ0n) is 22.5. The highest BCUT2D eigenvalue weighted by atomic mass is 32.2. The summed E-state index contributed by atoms with van der Waals surface area (Å²) >= 11 is 1.50. The smallest absolute Gasteiger partial charge is 0.240 e. The number of fused-ring (bicyclic) bond motifs is 1. The van der Waals surface area contributed by atoms with Crippen LogP contribution in [0.1, 0.15) is 50.6 Å². The van der Waals surface area contributed by atoms with Crippen molar-refractivity contribution in [3.8, 4) is 0 Å². The van der Waals surface area contributed by atoms with Gasteiger partial charge in [-0.15, -0.1) is 5.10 Å². The number of aliphatic hydroxyl groups excluding tert-OH is 2. The van der Waals surface area contributed by atoms with Crippen LogP contribution in [0, 0.1) is 5.92 Å². The number of hydrogen-bond donors (Lipinski definition) is 5. The van der Waals surface area contributed by atoms with Crippen LogP contribution in [-0.4, -0.2) is 87.1 Å². The molecular formula is C25H34N8O5S2. The van der Waals surface area contributed by atoms with Crippen molar-refractivity contribution in [3.05, 3.63) is 29.8 Å². The summed E-state index contributed by atoms with van der Waals surface area (Å²) in [5.41, 5.74) is 1.87. The molecule has 2 heterocycles. The fraction of sp³-hybridized carbons (Fsp3) is 0.560. The first-order valence-corrected chi connectivity index (χ1v) is 15.8. The highest BCUT2D eigenvalue weighted by Crippen LogP contribution is 2.44. The molecule has 5 N–H and O–H groups in total. The molecule has 3 aromatic rings. The van der Waals surface area contributed by atoms with Crippen LogP contribution in [0.5, 0.6) is 0 Å². The van der Waals surface area contributed by atoms with E-state index in [2.05, 4.69) is 37.6 Å². The quantitative estimate of drug-likeness (QED) is 0.159. The van der Waals surface area contributed by atoms with Crippen LogP contribution >= 0.6 is 11.8 Å². The van der Waals surface area contributed by atoms with E-state index in [0.717, 1.165) is 24.2 Å². The number of benzene rings is 1. The Morgan fingerprint density at radius 1 is 1.12 bits per heavy atom. The second kappa shape index (κ2) is 11.6. The van der Waals surface area contributed by atoms with Gasteiger partial charge in [-0.1, -0.05) is 36.0 Å². The number of nitrogens with one attached hydrogen (secondary N) is 3. The van der Waals surface area contributed by atoms with Gasteiger partial charge in [0.25, 0.3) is 0 Å². The number of hydrogen-bond acceptors (Lipinski definition) is 11. The van der Waals surface area contributed by atoms with E-state index in [4.69, 9.17) is 4.98 Å². The number of rotatable bonds is 11. The molecule has 2 saturated carbocycles. The van der Waals surface area contributed by atoms with Crippen molar-refractivity contribution in [1.82, 2.24) is 35.0 Å². The summed E-state index contributed by atoms with van der Waals surface area (Å²) in [6, 6.07) is 6.21. The third-order valence-electron chi connectivity index (χ3n) is 7.39. The van der Waals surface area contributed by atoms with Crippen LogP contribution in [0.25, 0.3) is 11.2 Å². The van der Waals surface area contributed by atoms with E-state index in [0.29, 0.717) is 28.7 Å². The van der Waals surface area contributed by atoms with Gasteiger partial charge in [-0.2, -0.15) is 0 Å². The topological polar surface area (TPSA) is 184 Å². The van der Waals surface area contributed by atoms with Gasteiger partial charge < -0.3 is 20.8 Å². The monoisotopic (exact) mass is 590 g/mol. The number of sulfonamides is 1. The van der Waals surface area contributed by atoms with E-state index in [1.807, 2.05) is 12.1 Å². The van der Waals surface area contributed by atoms with Crippen molar-refractivity contribution in [3.63, 3.8) is 0 Å². The standard InChI is InChI=1S/C25H34N8O5S2/c1-4-10-39-25-29-22(28-17-11-15(17)13-6-8-14(9-7-13)40(37,38)26-3)19-23(30-25)33(32-31-19)18-12-16(20(34)21(18)35)24(36)27-5-2/h6-9,15-18,20-21,26,34-35H,4-5,10-12H2,1-3H3,(H,27,36)(H,28,29,30). The van der Waals surface area contributed by atoms with Crippen molar-refractivity contribution in [2.24, 2.45) is 5.92 Å².